The molecule has 1 aromatic rings. The normalized spacial score (nSPS) is 21.9. The molecule has 1 heterocycles. The van der Waals surface area contributed by atoms with Crippen molar-refractivity contribution < 1.29 is 32.7 Å². The molecule has 73 valence electrons. The van der Waals surface area contributed by atoms with Crippen LogP contribution in [0.1, 0.15) is 5.56 Å². The van der Waals surface area contributed by atoms with Gasteiger partial charge >= 0.3 is 0 Å². The van der Waals surface area contributed by atoms with Crippen LogP contribution in [-0.2, 0) is 39.1 Å². The predicted octanol–water partition coefficient (Wildman–Crippen LogP) is 1.79. The van der Waals surface area contributed by atoms with Gasteiger partial charge in [-0.05, 0) is 13.6 Å². The molecule has 1 nitrogen and oxygen atoms in total. The van der Waals surface area contributed by atoms with Crippen LogP contribution < -0.4 is 0 Å². The van der Waals surface area contributed by atoms with Crippen molar-refractivity contribution >= 4 is 0 Å². The van der Waals surface area contributed by atoms with E-state index in [0.29, 0.717) is 0 Å². The van der Waals surface area contributed by atoms with Crippen molar-refractivity contribution in [3.8, 4) is 0 Å². The summed E-state index contributed by atoms with van der Waals surface area (Å²) in [6.45, 7) is 2.33. The molecule has 2 rings (SSSR count). The van der Waals surface area contributed by atoms with E-state index in [9.17, 15) is 0 Å². The molecule has 0 spiro atoms. The quantitative estimate of drug-likeness (QED) is 0.734. The van der Waals surface area contributed by atoms with Gasteiger partial charge in [0.05, 0.1) is 0 Å². The molecule has 14 heavy (non-hydrogen) atoms. The summed E-state index contributed by atoms with van der Waals surface area (Å²) < 4.78 is 0. The average molecular weight is 262 g/mol. The molecule has 1 aromatic carbocycles. The molecule has 0 aliphatic carbocycles. The van der Waals surface area contributed by atoms with Crippen molar-refractivity contribution in [1.29, 1.82) is 0 Å². The van der Waals surface area contributed by atoms with Gasteiger partial charge in [-0.3, -0.25) is 0 Å². The van der Waals surface area contributed by atoms with E-state index in [4.69, 9.17) is 0 Å². The zero-order chi connectivity index (χ0) is 9.10. The minimum atomic E-state index is 0. The Hall–Kier alpha value is 0.284. The molecule has 0 saturated carbocycles. The van der Waals surface area contributed by atoms with Gasteiger partial charge in [-0.15, -0.1) is 6.54 Å². The van der Waals surface area contributed by atoms with Crippen molar-refractivity contribution in [3.05, 3.63) is 42.3 Å². The second-order valence-corrected chi connectivity index (χ2v) is 3.81. The van der Waals surface area contributed by atoms with E-state index in [1.54, 1.807) is 0 Å². The smallest absolute Gasteiger partial charge is 0 e. The maximum atomic E-state index is 3.27. The topological polar surface area (TPSA) is 3.24 Å². The molecule has 2 heteroatoms. The Kier molecular flexibility index (Phi) is 5.29. The number of likely N-dealkylation sites (tertiary alicyclic amines) is 1. The van der Waals surface area contributed by atoms with Gasteiger partial charge in [0.15, 0.2) is 0 Å². The van der Waals surface area contributed by atoms with Crippen molar-refractivity contribution in [3.63, 3.8) is 0 Å². The van der Waals surface area contributed by atoms with E-state index in [1.165, 1.54) is 12.1 Å². The Morgan fingerprint density at radius 1 is 1.57 bits per heavy atom. The van der Waals surface area contributed by atoms with Gasteiger partial charge in [0.25, 0.3) is 0 Å². The number of hydrogen-bond acceptors (Lipinski definition) is 1. The fraction of sp³-hybridized carbons (Fsp3) is 0.417. The van der Waals surface area contributed by atoms with E-state index in [2.05, 4.69) is 36.6 Å². The molecule has 1 atom stereocenters. The summed E-state index contributed by atoms with van der Waals surface area (Å²) in [7, 11) is 2.17. The summed E-state index contributed by atoms with van der Waals surface area (Å²) in [4.78, 5) is 2.35. The molecule has 1 saturated heterocycles. The molecule has 0 amide bonds. The van der Waals surface area contributed by atoms with Crippen molar-refractivity contribution in [2.45, 2.75) is 6.42 Å². The molecule has 1 aliphatic heterocycles. The third kappa shape index (κ3) is 3.45. The molecular formula is C12H15NY-2. The first-order chi connectivity index (χ1) is 6.34. The van der Waals surface area contributed by atoms with E-state index >= 15 is 0 Å². The van der Waals surface area contributed by atoms with Crippen molar-refractivity contribution in [2.24, 2.45) is 5.92 Å². The third-order valence-electron chi connectivity index (χ3n) is 2.55. The number of rotatable bonds is 2. The van der Waals surface area contributed by atoms with Crippen LogP contribution in [0.5, 0.6) is 0 Å². The van der Waals surface area contributed by atoms with E-state index in [0.717, 1.165) is 18.9 Å². The molecule has 1 unspecified atom stereocenters. The summed E-state index contributed by atoms with van der Waals surface area (Å²) in [6.07, 6.45) is 3.55. The van der Waals surface area contributed by atoms with Gasteiger partial charge in [0, 0.05) is 32.7 Å². The molecule has 1 fully saturated rings. The standard InChI is InChI=1S/C12H15N.Y/c1-13-8-7-12(10-13)9-11-5-3-2-4-6-11;/h2-5,7,12H,8-10H2,1H3;/q-2;. The third-order valence-corrected chi connectivity index (χ3v) is 2.55. The Balaban J connectivity index is 0.000000980. The molecule has 0 bridgehead atoms. The summed E-state index contributed by atoms with van der Waals surface area (Å²) in [5.41, 5.74) is 1.33. The Morgan fingerprint density at radius 2 is 2.43 bits per heavy atom. The van der Waals surface area contributed by atoms with Crippen LogP contribution in [0.3, 0.4) is 0 Å². The van der Waals surface area contributed by atoms with Gasteiger partial charge in [-0.25, -0.2) is 0 Å². The van der Waals surface area contributed by atoms with Crippen molar-refractivity contribution in [1.82, 2.24) is 4.90 Å². The van der Waals surface area contributed by atoms with E-state index in [-0.39, 0.29) is 32.7 Å². The molecule has 1 radical (unpaired) electrons. The SMILES string of the molecule is CN1C[CH-]C(Cc2[c-]cccc2)C1.[Y]. The molecule has 1 aliphatic rings. The maximum Gasteiger partial charge on any atom is 0 e. The van der Waals surface area contributed by atoms with Crippen LogP contribution in [-0.4, -0.2) is 25.0 Å². The summed E-state index contributed by atoms with van der Waals surface area (Å²) in [5, 5.41) is 0. The monoisotopic (exact) mass is 262 g/mol. The maximum absolute atomic E-state index is 3.27. The fourth-order valence-corrected chi connectivity index (χ4v) is 1.87. The average Bonchev–Trinajstić information content (AvgIpc) is 2.53. The van der Waals surface area contributed by atoms with Gasteiger partial charge < -0.3 is 11.3 Å². The number of benzene rings is 1. The van der Waals surface area contributed by atoms with Gasteiger partial charge in [-0.2, -0.15) is 41.8 Å². The molecule has 0 aromatic heterocycles. The Bertz CT molecular complexity index is 260. The summed E-state index contributed by atoms with van der Waals surface area (Å²) in [6, 6.07) is 11.5. The van der Waals surface area contributed by atoms with Crippen LogP contribution in [0.4, 0.5) is 0 Å². The zero-order valence-electron chi connectivity index (χ0n) is 8.61. The number of hydrogen-bond donors (Lipinski definition) is 0. The predicted molar refractivity (Wildman–Crippen MR) is 54.3 cm³/mol. The van der Waals surface area contributed by atoms with Crippen molar-refractivity contribution in [2.75, 3.05) is 20.1 Å². The first-order valence-corrected chi connectivity index (χ1v) is 4.82. The van der Waals surface area contributed by atoms with E-state index < -0.39 is 0 Å². The summed E-state index contributed by atoms with van der Waals surface area (Å²) in [5.74, 6) is 0.726. The number of nitrogens with zero attached hydrogens (tertiary/aromatic N) is 1. The van der Waals surface area contributed by atoms with Gasteiger partial charge in [-0.1, -0.05) is 6.42 Å². The second-order valence-electron chi connectivity index (χ2n) is 3.81. The van der Waals surface area contributed by atoms with E-state index in [1.807, 2.05) is 12.1 Å². The second kappa shape index (κ2) is 6.00. The van der Waals surface area contributed by atoms with Crippen LogP contribution in [0.2, 0.25) is 0 Å². The van der Waals surface area contributed by atoms with Crippen LogP contribution in [0.15, 0.2) is 24.3 Å². The first kappa shape index (κ1) is 12.4. The minimum absolute atomic E-state index is 0. The molecular weight excluding hydrogens is 247 g/mol. The Labute approximate surface area is 112 Å². The van der Waals surface area contributed by atoms with Crippen LogP contribution in [0.25, 0.3) is 0 Å². The largest absolute Gasteiger partial charge is 0.338 e. The van der Waals surface area contributed by atoms with Gasteiger partial charge in [0.2, 0.25) is 0 Å². The fourth-order valence-electron chi connectivity index (χ4n) is 1.87. The van der Waals surface area contributed by atoms with Crippen LogP contribution >= 0.6 is 0 Å². The summed E-state index contributed by atoms with van der Waals surface area (Å²) >= 11 is 0. The van der Waals surface area contributed by atoms with Crippen LogP contribution in [0, 0.1) is 18.4 Å². The zero-order valence-corrected chi connectivity index (χ0v) is 11.4. The minimum Gasteiger partial charge on any atom is -0.338 e. The molecule has 0 N–H and O–H groups in total. The Morgan fingerprint density at radius 3 is 3.00 bits per heavy atom. The first-order valence-electron chi connectivity index (χ1n) is 4.82. The van der Waals surface area contributed by atoms with Gasteiger partial charge in [0.1, 0.15) is 0 Å².